The average molecular weight is 360 g/mol. The average Bonchev–Trinajstić information content (AvgIpc) is 3.18. The van der Waals surface area contributed by atoms with Crippen LogP contribution < -0.4 is 14.8 Å². The molecule has 1 fully saturated rings. The fraction of sp³-hybridized carbons (Fsp3) is 0.389. The number of cyclic esters (lactones) is 1. The molecule has 1 saturated heterocycles. The Morgan fingerprint density at radius 2 is 2.15 bits per heavy atom. The van der Waals surface area contributed by atoms with Crippen LogP contribution in [-0.2, 0) is 14.3 Å². The van der Waals surface area contributed by atoms with Crippen LogP contribution in [0.3, 0.4) is 0 Å². The van der Waals surface area contributed by atoms with Gasteiger partial charge in [-0.2, -0.15) is 0 Å². The zero-order valence-electron chi connectivity index (χ0n) is 14.6. The number of rotatable bonds is 6. The SMILES string of the molecule is C=CCNC(=O)[C@@H]1CCC(=O)N1[C@@H]1OC(=O)c2c1ccc(OC)c2OC. The Hall–Kier alpha value is -3.03. The molecule has 8 heteroatoms. The number of nitrogens with zero attached hydrogens (tertiary/aromatic N) is 1. The first-order chi connectivity index (χ1) is 12.5. The van der Waals surface area contributed by atoms with E-state index >= 15 is 0 Å². The van der Waals surface area contributed by atoms with Crippen LogP contribution in [0.4, 0.5) is 0 Å². The summed E-state index contributed by atoms with van der Waals surface area (Å²) in [6, 6.07) is 2.58. The molecule has 1 aromatic carbocycles. The third kappa shape index (κ3) is 2.77. The van der Waals surface area contributed by atoms with Crippen LogP contribution in [0.2, 0.25) is 0 Å². The van der Waals surface area contributed by atoms with E-state index in [0.717, 1.165) is 0 Å². The molecule has 8 nitrogen and oxygen atoms in total. The summed E-state index contributed by atoms with van der Waals surface area (Å²) in [7, 11) is 2.89. The smallest absolute Gasteiger partial charge is 0.344 e. The van der Waals surface area contributed by atoms with Gasteiger partial charge in [-0.15, -0.1) is 6.58 Å². The van der Waals surface area contributed by atoms with Gasteiger partial charge >= 0.3 is 5.97 Å². The van der Waals surface area contributed by atoms with E-state index in [4.69, 9.17) is 14.2 Å². The van der Waals surface area contributed by atoms with Crippen molar-refractivity contribution in [3.8, 4) is 11.5 Å². The number of fused-ring (bicyclic) bond motifs is 1. The van der Waals surface area contributed by atoms with Crippen LogP contribution in [0.1, 0.15) is 35.0 Å². The van der Waals surface area contributed by atoms with Crippen LogP contribution >= 0.6 is 0 Å². The minimum absolute atomic E-state index is 0.210. The largest absolute Gasteiger partial charge is 0.493 e. The van der Waals surface area contributed by atoms with Crippen molar-refractivity contribution in [3.63, 3.8) is 0 Å². The fourth-order valence-electron chi connectivity index (χ4n) is 3.33. The molecule has 138 valence electrons. The lowest BCUT2D eigenvalue weighted by molar-refractivity contribution is -0.145. The molecule has 1 N–H and O–H groups in total. The zero-order valence-corrected chi connectivity index (χ0v) is 14.6. The number of benzene rings is 1. The predicted octanol–water partition coefficient (Wildman–Crippen LogP) is 1.17. The summed E-state index contributed by atoms with van der Waals surface area (Å²) in [6.07, 6.45) is 1.16. The fourth-order valence-corrected chi connectivity index (χ4v) is 3.33. The Kier molecular flexibility index (Phi) is 4.83. The van der Waals surface area contributed by atoms with Gasteiger partial charge in [0.1, 0.15) is 11.6 Å². The highest BCUT2D eigenvalue weighted by atomic mass is 16.6. The van der Waals surface area contributed by atoms with Gasteiger partial charge in [0.2, 0.25) is 18.0 Å². The lowest BCUT2D eigenvalue weighted by atomic mass is 10.1. The van der Waals surface area contributed by atoms with Crippen LogP contribution in [0.5, 0.6) is 11.5 Å². The summed E-state index contributed by atoms with van der Waals surface area (Å²) < 4.78 is 15.9. The van der Waals surface area contributed by atoms with Crippen LogP contribution in [0.25, 0.3) is 0 Å². The third-order valence-corrected chi connectivity index (χ3v) is 4.50. The first-order valence-electron chi connectivity index (χ1n) is 8.19. The van der Waals surface area contributed by atoms with E-state index in [1.807, 2.05) is 0 Å². The van der Waals surface area contributed by atoms with E-state index in [0.29, 0.717) is 24.3 Å². The van der Waals surface area contributed by atoms with Crippen molar-refractivity contribution in [2.75, 3.05) is 20.8 Å². The number of hydrogen-bond acceptors (Lipinski definition) is 6. The van der Waals surface area contributed by atoms with Gasteiger partial charge in [-0.1, -0.05) is 6.08 Å². The maximum Gasteiger partial charge on any atom is 0.344 e. The van der Waals surface area contributed by atoms with E-state index < -0.39 is 18.2 Å². The lowest BCUT2D eigenvalue weighted by Gasteiger charge is -2.29. The van der Waals surface area contributed by atoms with Crippen molar-refractivity contribution >= 4 is 17.8 Å². The van der Waals surface area contributed by atoms with Gasteiger partial charge in [0.05, 0.1) is 14.2 Å². The molecule has 2 amide bonds. The Morgan fingerprint density at radius 1 is 1.38 bits per heavy atom. The monoisotopic (exact) mass is 360 g/mol. The van der Waals surface area contributed by atoms with E-state index in [9.17, 15) is 14.4 Å². The molecule has 0 radical (unpaired) electrons. The number of carbonyl (C=O) groups is 3. The van der Waals surface area contributed by atoms with Crippen LogP contribution in [-0.4, -0.2) is 49.5 Å². The molecule has 0 bridgehead atoms. The highest BCUT2D eigenvalue weighted by Gasteiger charge is 2.47. The number of likely N-dealkylation sites (tertiary alicyclic amines) is 1. The van der Waals surface area contributed by atoms with Gasteiger partial charge in [0.25, 0.3) is 0 Å². The molecule has 26 heavy (non-hydrogen) atoms. The maximum absolute atomic E-state index is 12.4. The molecule has 2 heterocycles. The minimum Gasteiger partial charge on any atom is -0.493 e. The summed E-state index contributed by atoms with van der Waals surface area (Å²) in [4.78, 5) is 38.6. The Balaban J connectivity index is 1.98. The molecular weight excluding hydrogens is 340 g/mol. The molecule has 0 spiro atoms. The summed E-state index contributed by atoms with van der Waals surface area (Å²) in [5.74, 6) is -0.538. The second-order valence-corrected chi connectivity index (χ2v) is 5.91. The molecule has 2 aliphatic heterocycles. The molecule has 2 aliphatic rings. The Bertz CT molecular complexity index is 775. The van der Waals surface area contributed by atoms with E-state index in [2.05, 4.69) is 11.9 Å². The number of carbonyl (C=O) groups excluding carboxylic acids is 3. The molecular formula is C18H20N2O6. The van der Waals surface area contributed by atoms with Crippen LogP contribution in [0.15, 0.2) is 24.8 Å². The number of methoxy groups -OCH3 is 2. The van der Waals surface area contributed by atoms with E-state index in [1.165, 1.54) is 19.1 Å². The van der Waals surface area contributed by atoms with Crippen molar-refractivity contribution < 1.29 is 28.6 Å². The summed E-state index contributed by atoms with van der Waals surface area (Å²) in [5, 5.41) is 2.69. The molecule has 0 unspecified atom stereocenters. The van der Waals surface area contributed by atoms with Crippen molar-refractivity contribution in [3.05, 3.63) is 35.9 Å². The van der Waals surface area contributed by atoms with Crippen molar-refractivity contribution in [1.82, 2.24) is 10.2 Å². The molecule has 0 saturated carbocycles. The highest BCUT2D eigenvalue weighted by Crippen LogP contribution is 2.45. The number of amides is 2. The van der Waals surface area contributed by atoms with Crippen LogP contribution in [0, 0.1) is 0 Å². The molecule has 1 aromatic rings. The highest BCUT2D eigenvalue weighted by molar-refractivity contribution is 5.99. The predicted molar refractivity (Wildman–Crippen MR) is 90.8 cm³/mol. The summed E-state index contributed by atoms with van der Waals surface area (Å²) >= 11 is 0. The van der Waals surface area contributed by atoms with Crippen molar-refractivity contribution in [2.45, 2.75) is 25.1 Å². The number of nitrogens with one attached hydrogen (secondary N) is 1. The number of ether oxygens (including phenoxy) is 3. The van der Waals surface area contributed by atoms with Gasteiger partial charge in [-0.3, -0.25) is 14.5 Å². The number of esters is 1. The Labute approximate surface area is 150 Å². The Morgan fingerprint density at radius 3 is 2.81 bits per heavy atom. The first kappa shape index (κ1) is 17.8. The molecule has 0 aliphatic carbocycles. The minimum atomic E-state index is -0.966. The van der Waals surface area contributed by atoms with Gasteiger partial charge in [0.15, 0.2) is 11.5 Å². The third-order valence-electron chi connectivity index (χ3n) is 4.50. The lowest BCUT2D eigenvalue weighted by Crippen LogP contribution is -2.46. The molecule has 3 rings (SSSR count). The molecule has 2 atom stereocenters. The topological polar surface area (TPSA) is 94.2 Å². The van der Waals surface area contributed by atoms with Gasteiger partial charge in [-0.05, 0) is 18.6 Å². The zero-order chi connectivity index (χ0) is 18.8. The van der Waals surface area contributed by atoms with E-state index in [-0.39, 0.29) is 29.5 Å². The standard InChI is InChI=1S/C18H20N2O6/c1-4-9-19-16(22)11-6-8-13(21)20(11)17-10-5-7-12(24-2)15(25-3)14(10)18(23)26-17/h4-5,7,11,17H,1,6,8-9H2,2-3H3,(H,19,22)/t11-,17+/m0/s1. The molecule has 0 aromatic heterocycles. The first-order valence-corrected chi connectivity index (χ1v) is 8.19. The van der Waals surface area contributed by atoms with Crippen molar-refractivity contribution in [1.29, 1.82) is 0 Å². The maximum atomic E-state index is 12.4. The van der Waals surface area contributed by atoms with Gasteiger partial charge in [-0.25, -0.2) is 4.79 Å². The van der Waals surface area contributed by atoms with Gasteiger partial charge < -0.3 is 19.5 Å². The summed E-state index contributed by atoms with van der Waals surface area (Å²) in [6.45, 7) is 3.85. The number of hydrogen-bond donors (Lipinski definition) is 1. The summed E-state index contributed by atoms with van der Waals surface area (Å²) in [5.41, 5.74) is 0.686. The normalized spacial score (nSPS) is 21.2. The quantitative estimate of drug-likeness (QED) is 0.604. The second-order valence-electron chi connectivity index (χ2n) is 5.91. The van der Waals surface area contributed by atoms with Gasteiger partial charge in [0, 0.05) is 18.5 Å². The van der Waals surface area contributed by atoms with E-state index in [1.54, 1.807) is 18.2 Å². The van der Waals surface area contributed by atoms with Crippen molar-refractivity contribution in [2.24, 2.45) is 0 Å². The second kappa shape index (κ2) is 7.07.